The van der Waals surface area contributed by atoms with Crippen LogP contribution in [0.4, 0.5) is 20.6 Å². The first-order chi connectivity index (χ1) is 14.6. The van der Waals surface area contributed by atoms with E-state index in [4.69, 9.17) is 0 Å². The molecule has 0 aliphatic carbocycles. The quantitative estimate of drug-likeness (QED) is 0.406. The van der Waals surface area contributed by atoms with Crippen molar-refractivity contribution in [1.29, 1.82) is 0 Å². The summed E-state index contributed by atoms with van der Waals surface area (Å²) in [6.45, 7) is 0.578. The van der Waals surface area contributed by atoms with Crippen LogP contribution in [0.5, 0.6) is 0 Å². The van der Waals surface area contributed by atoms with E-state index in [1.54, 1.807) is 30.7 Å². The zero-order chi connectivity index (χ0) is 20.9. The number of rotatable bonds is 5. The zero-order valence-corrected chi connectivity index (χ0v) is 17.3. The van der Waals surface area contributed by atoms with Crippen LogP contribution >= 0.6 is 15.9 Å². The first kappa shape index (κ1) is 19.8. The van der Waals surface area contributed by atoms with E-state index in [0.717, 1.165) is 17.0 Å². The average molecular weight is 466 g/mol. The number of benzene rings is 2. The summed E-state index contributed by atoms with van der Waals surface area (Å²) >= 11 is 3.26. The third-order valence-electron chi connectivity index (χ3n) is 4.37. The number of imidazole rings is 1. The van der Waals surface area contributed by atoms with Crippen LogP contribution in [-0.4, -0.2) is 20.6 Å². The molecule has 0 aliphatic heterocycles. The summed E-state index contributed by atoms with van der Waals surface area (Å²) in [7, 11) is 0. The molecule has 30 heavy (non-hydrogen) atoms. The molecule has 0 unspecified atom stereocenters. The Morgan fingerprint density at radius 2 is 1.87 bits per heavy atom. The first-order valence-electron chi connectivity index (χ1n) is 9.12. The smallest absolute Gasteiger partial charge is 0.323 e. The van der Waals surface area contributed by atoms with Crippen molar-refractivity contribution < 1.29 is 9.18 Å². The Bertz CT molecular complexity index is 1180. The third kappa shape index (κ3) is 4.72. The Balaban J connectivity index is 1.47. The number of urea groups is 1. The highest BCUT2D eigenvalue weighted by Gasteiger charge is 2.10. The molecule has 6 nitrogen and oxygen atoms in total. The standard InChI is InChI=1S/C22H17BrFN5O/c23-17-4-5-19(24)20(13-17)28-22(30)27-18-3-1-2-15(12-18)14-29-11-10-26-21(29)16-6-8-25-9-7-16/h1-13H,14H2,(H2,27,28,30). The Morgan fingerprint density at radius 1 is 1.03 bits per heavy atom. The Morgan fingerprint density at radius 3 is 2.70 bits per heavy atom. The second-order valence-corrected chi connectivity index (χ2v) is 7.43. The summed E-state index contributed by atoms with van der Waals surface area (Å²) in [6, 6.07) is 15.1. The maximum Gasteiger partial charge on any atom is 0.323 e. The molecule has 2 aromatic carbocycles. The maximum atomic E-state index is 13.8. The van der Waals surface area contributed by atoms with Crippen LogP contribution in [0, 0.1) is 5.82 Å². The Labute approximate surface area is 180 Å². The molecule has 0 atom stereocenters. The second-order valence-electron chi connectivity index (χ2n) is 6.52. The number of amides is 2. The molecule has 0 spiro atoms. The summed E-state index contributed by atoms with van der Waals surface area (Å²) in [5.74, 6) is 0.324. The number of anilines is 2. The van der Waals surface area contributed by atoms with Gasteiger partial charge in [-0.15, -0.1) is 0 Å². The van der Waals surface area contributed by atoms with Crippen molar-refractivity contribution in [2.75, 3.05) is 10.6 Å². The predicted molar refractivity (Wildman–Crippen MR) is 118 cm³/mol. The van der Waals surface area contributed by atoms with Gasteiger partial charge in [-0.1, -0.05) is 28.1 Å². The van der Waals surface area contributed by atoms with Crippen LogP contribution in [0.3, 0.4) is 0 Å². The van der Waals surface area contributed by atoms with Crippen LogP contribution in [0.2, 0.25) is 0 Å². The molecule has 2 aromatic heterocycles. The van der Waals surface area contributed by atoms with E-state index in [0.29, 0.717) is 16.7 Å². The van der Waals surface area contributed by atoms with Gasteiger partial charge in [0.25, 0.3) is 0 Å². The number of aromatic nitrogens is 3. The van der Waals surface area contributed by atoms with Crippen LogP contribution in [0.25, 0.3) is 11.4 Å². The number of nitrogens with zero attached hydrogens (tertiary/aromatic N) is 3. The van der Waals surface area contributed by atoms with Crippen LogP contribution in [0.15, 0.2) is 83.9 Å². The molecule has 2 amide bonds. The minimum atomic E-state index is -0.524. The van der Waals surface area contributed by atoms with Crippen LogP contribution in [0.1, 0.15) is 5.56 Å². The molecule has 0 saturated carbocycles. The lowest BCUT2D eigenvalue weighted by Crippen LogP contribution is -2.20. The Hall–Kier alpha value is -3.52. The number of carbonyl (C=O) groups excluding carboxylic acids is 1. The van der Waals surface area contributed by atoms with Gasteiger partial charge >= 0.3 is 6.03 Å². The first-order valence-corrected chi connectivity index (χ1v) is 9.91. The summed E-state index contributed by atoms with van der Waals surface area (Å²) in [5, 5.41) is 5.26. The van der Waals surface area contributed by atoms with Crippen molar-refractivity contribution in [3.8, 4) is 11.4 Å². The number of carbonyl (C=O) groups is 1. The van der Waals surface area contributed by atoms with Crippen molar-refractivity contribution in [2.24, 2.45) is 0 Å². The molecule has 0 saturated heterocycles. The van der Waals surface area contributed by atoms with Crippen LogP contribution < -0.4 is 10.6 Å². The van der Waals surface area contributed by atoms with Gasteiger partial charge in [-0.2, -0.15) is 0 Å². The molecular weight excluding hydrogens is 449 g/mol. The van der Waals surface area contributed by atoms with Gasteiger partial charge in [-0.3, -0.25) is 4.98 Å². The fraction of sp³-hybridized carbons (Fsp3) is 0.0455. The number of nitrogens with one attached hydrogen (secondary N) is 2. The van der Waals surface area contributed by atoms with Gasteiger partial charge < -0.3 is 15.2 Å². The van der Waals surface area contributed by atoms with Gasteiger partial charge in [0.15, 0.2) is 0 Å². The fourth-order valence-electron chi connectivity index (χ4n) is 3.02. The molecule has 4 aromatic rings. The second kappa shape index (κ2) is 8.87. The molecular formula is C22H17BrFN5O. The van der Waals surface area contributed by atoms with Gasteiger partial charge in [0.05, 0.1) is 5.69 Å². The van der Waals surface area contributed by atoms with Gasteiger partial charge in [0.1, 0.15) is 11.6 Å². The number of hydrogen-bond acceptors (Lipinski definition) is 3. The van der Waals surface area contributed by atoms with Gasteiger partial charge in [0.2, 0.25) is 0 Å². The lowest BCUT2D eigenvalue weighted by Gasteiger charge is -2.11. The number of pyridine rings is 1. The highest BCUT2D eigenvalue weighted by atomic mass is 79.9. The zero-order valence-electron chi connectivity index (χ0n) is 15.7. The minimum absolute atomic E-state index is 0.0958. The lowest BCUT2D eigenvalue weighted by molar-refractivity contribution is 0.262. The molecule has 0 bridgehead atoms. The maximum absolute atomic E-state index is 13.8. The molecule has 150 valence electrons. The molecule has 2 heterocycles. The summed E-state index contributed by atoms with van der Waals surface area (Å²) in [5.41, 5.74) is 2.65. The lowest BCUT2D eigenvalue weighted by atomic mass is 10.2. The monoisotopic (exact) mass is 465 g/mol. The minimum Gasteiger partial charge on any atom is -0.327 e. The molecule has 2 N–H and O–H groups in total. The van der Waals surface area contributed by atoms with E-state index >= 15 is 0 Å². The van der Waals surface area contributed by atoms with E-state index < -0.39 is 11.8 Å². The van der Waals surface area contributed by atoms with Crippen LogP contribution in [-0.2, 0) is 6.54 Å². The van der Waals surface area contributed by atoms with Crippen molar-refractivity contribution in [2.45, 2.75) is 6.54 Å². The van der Waals surface area contributed by atoms with Crippen molar-refractivity contribution in [3.63, 3.8) is 0 Å². The van der Waals surface area contributed by atoms with E-state index in [-0.39, 0.29) is 5.69 Å². The SMILES string of the molecule is O=C(Nc1cccc(Cn2ccnc2-c2ccncc2)c1)Nc1cc(Br)ccc1F. The van der Waals surface area contributed by atoms with Gasteiger partial charge in [0, 0.05) is 47.1 Å². The summed E-state index contributed by atoms with van der Waals surface area (Å²) in [4.78, 5) is 20.8. The highest BCUT2D eigenvalue weighted by molar-refractivity contribution is 9.10. The molecule has 0 radical (unpaired) electrons. The Kier molecular flexibility index (Phi) is 5.85. The van der Waals surface area contributed by atoms with E-state index in [1.807, 2.05) is 41.1 Å². The molecule has 0 fully saturated rings. The average Bonchev–Trinajstić information content (AvgIpc) is 3.20. The molecule has 8 heteroatoms. The van der Waals surface area contributed by atoms with E-state index in [1.165, 1.54) is 12.1 Å². The van der Waals surface area contributed by atoms with Crippen molar-refractivity contribution in [3.05, 3.63) is 95.2 Å². The fourth-order valence-corrected chi connectivity index (χ4v) is 3.38. The van der Waals surface area contributed by atoms with E-state index in [2.05, 4.69) is 36.5 Å². The predicted octanol–water partition coefficient (Wildman–Crippen LogP) is 5.54. The topological polar surface area (TPSA) is 71.8 Å². The number of hydrogen-bond donors (Lipinski definition) is 2. The van der Waals surface area contributed by atoms with Crippen molar-refractivity contribution in [1.82, 2.24) is 14.5 Å². The third-order valence-corrected chi connectivity index (χ3v) is 4.86. The molecule has 4 rings (SSSR count). The van der Waals surface area contributed by atoms with E-state index in [9.17, 15) is 9.18 Å². The summed E-state index contributed by atoms with van der Waals surface area (Å²) < 4.78 is 16.5. The van der Waals surface area contributed by atoms with Gasteiger partial charge in [-0.05, 0) is 48.0 Å². The normalized spacial score (nSPS) is 10.6. The number of halogens is 2. The highest BCUT2D eigenvalue weighted by Crippen LogP contribution is 2.21. The van der Waals surface area contributed by atoms with Crippen molar-refractivity contribution >= 4 is 33.3 Å². The molecule has 0 aliphatic rings. The largest absolute Gasteiger partial charge is 0.327 e. The summed E-state index contributed by atoms with van der Waals surface area (Å²) in [6.07, 6.45) is 7.10. The van der Waals surface area contributed by atoms with Gasteiger partial charge in [-0.25, -0.2) is 14.2 Å².